The fraction of sp³-hybridized carbons (Fsp3) is 0.440. The van der Waals surface area contributed by atoms with Crippen molar-refractivity contribution in [3.63, 3.8) is 0 Å². The molecule has 0 spiro atoms. The number of nitrogens with zero attached hydrogens (tertiary/aromatic N) is 5. The molecule has 1 fully saturated rings. The number of nitrogens with two attached hydrogens (primary N) is 1. The Bertz CT molecular complexity index is 1150. The monoisotopic (exact) mass is 496 g/mol. The van der Waals surface area contributed by atoms with E-state index >= 15 is 0 Å². The highest BCUT2D eigenvalue weighted by Crippen LogP contribution is 2.42. The van der Waals surface area contributed by atoms with E-state index in [0.717, 1.165) is 16.9 Å². The van der Waals surface area contributed by atoms with E-state index in [2.05, 4.69) is 20.4 Å². The number of carbonyl (C=O) groups is 1. The third-order valence-electron chi connectivity index (χ3n) is 6.60. The van der Waals surface area contributed by atoms with Gasteiger partial charge in [0, 0.05) is 5.92 Å². The van der Waals surface area contributed by atoms with E-state index in [0.29, 0.717) is 55.5 Å². The van der Waals surface area contributed by atoms with Crippen LogP contribution in [0.25, 0.3) is 0 Å². The number of benzene rings is 2. The van der Waals surface area contributed by atoms with Crippen LogP contribution in [0.15, 0.2) is 36.4 Å². The third kappa shape index (κ3) is 5.20. The molecule has 1 aliphatic rings. The molecule has 0 radical (unpaired) electrons. The quantitative estimate of drug-likeness (QED) is 0.448. The number of amides is 1. The van der Waals surface area contributed by atoms with Gasteiger partial charge in [-0.15, -0.1) is 5.10 Å². The summed E-state index contributed by atoms with van der Waals surface area (Å²) in [6, 6.07) is 11.3. The summed E-state index contributed by atoms with van der Waals surface area (Å²) in [5.41, 5.74) is 7.49. The van der Waals surface area contributed by atoms with E-state index in [-0.39, 0.29) is 17.9 Å². The number of piperidine rings is 1. The second kappa shape index (κ2) is 11.3. The van der Waals surface area contributed by atoms with Gasteiger partial charge in [-0.25, -0.2) is 4.68 Å². The van der Waals surface area contributed by atoms with Crippen molar-refractivity contribution >= 4 is 5.91 Å². The van der Waals surface area contributed by atoms with Gasteiger partial charge in [-0.1, -0.05) is 12.1 Å². The topological polar surface area (TPSA) is 127 Å². The number of primary amides is 1. The lowest BCUT2D eigenvalue weighted by Gasteiger charge is -2.36. The van der Waals surface area contributed by atoms with Gasteiger partial charge < -0.3 is 24.7 Å². The lowest BCUT2D eigenvalue weighted by Crippen LogP contribution is -2.41. The van der Waals surface area contributed by atoms with Gasteiger partial charge in [0.15, 0.2) is 17.3 Å². The fourth-order valence-corrected chi connectivity index (χ4v) is 4.65. The fourth-order valence-electron chi connectivity index (χ4n) is 4.65. The molecule has 1 aromatic heterocycles. The Balaban J connectivity index is 1.75. The number of likely N-dealkylation sites (tertiary alicyclic amines) is 1. The Labute approximate surface area is 210 Å². The van der Waals surface area contributed by atoms with Gasteiger partial charge in [0.1, 0.15) is 5.75 Å². The van der Waals surface area contributed by atoms with E-state index in [1.54, 1.807) is 33.1 Å². The van der Waals surface area contributed by atoms with Gasteiger partial charge >= 0.3 is 0 Å². The first-order chi connectivity index (χ1) is 17.5. The van der Waals surface area contributed by atoms with Crippen LogP contribution in [0, 0.1) is 5.92 Å². The molecule has 2 aromatic carbocycles. The number of tetrazole rings is 1. The molecule has 4 rings (SSSR count). The Morgan fingerprint density at radius 1 is 1.00 bits per heavy atom. The third-order valence-corrected chi connectivity index (χ3v) is 6.60. The Morgan fingerprint density at radius 2 is 1.64 bits per heavy atom. The number of carbonyl (C=O) groups excluding carboxylic acids is 1. The summed E-state index contributed by atoms with van der Waals surface area (Å²) in [5.74, 6) is 2.63. The summed E-state index contributed by atoms with van der Waals surface area (Å²) in [5, 5.41) is 12.7. The molecule has 0 aliphatic carbocycles. The second-order valence-electron chi connectivity index (χ2n) is 8.62. The van der Waals surface area contributed by atoms with Gasteiger partial charge in [-0.3, -0.25) is 9.69 Å². The number of methoxy groups -OCH3 is 4. The van der Waals surface area contributed by atoms with Gasteiger partial charge in [0.2, 0.25) is 11.7 Å². The summed E-state index contributed by atoms with van der Waals surface area (Å²) in [4.78, 5) is 14.0. The molecule has 0 saturated carbocycles. The molecule has 36 heavy (non-hydrogen) atoms. The van der Waals surface area contributed by atoms with Crippen LogP contribution < -0.4 is 24.7 Å². The summed E-state index contributed by atoms with van der Waals surface area (Å²) < 4.78 is 23.8. The van der Waals surface area contributed by atoms with Crippen molar-refractivity contribution in [2.45, 2.75) is 25.4 Å². The molecule has 192 valence electrons. The van der Waals surface area contributed by atoms with E-state index in [1.165, 1.54) is 0 Å². The van der Waals surface area contributed by atoms with Crippen LogP contribution >= 0.6 is 0 Å². The van der Waals surface area contributed by atoms with Crippen molar-refractivity contribution in [2.75, 3.05) is 41.5 Å². The maximum atomic E-state index is 11.8. The molecule has 1 unspecified atom stereocenters. The summed E-state index contributed by atoms with van der Waals surface area (Å²) in [6.45, 7) is 1.79. The lowest BCUT2D eigenvalue weighted by atomic mass is 9.93. The van der Waals surface area contributed by atoms with E-state index in [4.69, 9.17) is 24.7 Å². The first kappa shape index (κ1) is 25.2. The molecule has 0 bridgehead atoms. The molecule has 2 heterocycles. The molecule has 11 heteroatoms. The van der Waals surface area contributed by atoms with E-state index in [1.807, 2.05) is 36.4 Å². The van der Waals surface area contributed by atoms with Crippen LogP contribution in [0.3, 0.4) is 0 Å². The minimum Gasteiger partial charge on any atom is -0.497 e. The normalized spacial score (nSPS) is 15.3. The molecular weight excluding hydrogens is 464 g/mol. The average Bonchev–Trinajstić information content (AvgIpc) is 3.36. The van der Waals surface area contributed by atoms with Gasteiger partial charge in [-0.05, 0) is 71.8 Å². The summed E-state index contributed by atoms with van der Waals surface area (Å²) >= 11 is 0. The minimum atomic E-state index is -0.319. The lowest BCUT2D eigenvalue weighted by molar-refractivity contribution is -0.123. The summed E-state index contributed by atoms with van der Waals surface area (Å²) in [6.07, 6.45) is 1.33. The van der Waals surface area contributed by atoms with Crippen LogP contribution in [0.1, 0.15) is 35.8 Å². The number of ether oxygens (including phenoxy) is 4. The highest BCUT2D eigenvalue weighted by Gasteiger charge is 2.34. The molecule has 1 aliphatic heterocycles. The number of rotatable bonds is 10. The largest absolute Gasteiger partial charge is 0.497 e. The van der Waals surface area contributed by atoms with Crippen LogP contribution in [0.5, 0.6) is 23.0 Å². The maximum absolute atomic E-state index is 11.8. The second-order valence-corrected chi connectivity index (χ2v) is 8.62. The van der Waals surface area contributed by atoms with Gasteiger partial charge in [0.25, 0.3) is 0 Å². The number of hydrogen-bond donors (Lipinski definition) is 1. The van der Waals surface area contributed by atoms with Gasteiger partial charge in [0.05, 0.1) is 41.0 Å². The molecule has 11 nitrogen and oxygen atoms in total. The van der Waals surface area contributed by atoms with Crippen LogP contribution in [-0.2, 0) is 11.3 Å². The number of aromatic nitrogens is 4. The van der Waals surface area contributed by atoms with Crippen molar-refractivity contribution in [1.82, 2.24) is 25.1 Å². The van der Waals surface area contributed by atoms with E-state index < -0.39 is 0 Å². The van der Waals surface area contributed by atoms with Crippen LogP contribution in [0.2, 0.25) is 0 Å². The molecule has 2 N–H and O–H groups in total. The Hall–Kier alpha value is -3.86. The van der Waals surface area contributed by atoms with Gasteiger partial charge in [-0.2, -0.15) is 0 Å². The zero-order valence-corrected chi connectivity index (χ0v) is 21.0. The molecule has 1 saturated heterocycles. The maximum Gasteiger partial charge on any atom is 0.220 e. The average molecular weight is 497 g/mol. The highest BCUT2D eigenvalue weighted by molar-refractivity contribution is 5.76. The van der Waals surface area contributed by atoms with Crippen molar-refractivity contribution < 1.29 is 23.7 Å². The Morgan fingerprint density at radius 3 is 2.17 bits per heavy atom. The number of hydrogen-bond acceptors (Lipinski definition) is 9. The van der Waals surface area contributed by atoms with Crippen molar-refractivity contribution in [3.8, 4) is 23.0 Å². The first-order valence-electron chi connectivity index (χ1n) is 11.7. The van der Waals surface area contributed by atoms with Crippen molar-refractivity contribution in [1.29, 1.82) is 0 Å². The zero-order chi connectivity index (χ0) is 25.7. The minimum absolute atomic E-state index is 0.142. The van der Waals surface area contributed by atoms with E-state index in [9.17, 15) is 4.79 Å². The SMILES string of the molecule is COc1ccc(Cn2nnnc2C(c2cc(OC)c(OC)c(OC)c2)N2CCC(C(N)=O)CC2)cc1. The Kier molecular flexibility index (Phi) is 7.89. The standard InChI is InChI=1S/C25H32N6O5/c1-33-19-7-5-16(6-8-19)15-31-25(27-28-29-31)22(30-11-9-17(10-12-30)24(26)32)18-13-20(34-2)23(36-4)21(14-18)35-3/h5-8,13-14,17,22H,9-12,15H2,1-4H3,(H2,26,32). The predicted octanol–water partition coefficient (Wildman–Crippen LogP) is 2.04. The summed E-state index contributed by atoms with van der Waals surface area (Å²) in [7, 11) is 6.38. The first-order valence-corrected chi connectivity index (χ1v) is 11.7. The van der Waals surface area contributed by atoms with Crippen LogP contribution in [0.4, 0.5) is 0 Å². The molecule has 1 amide bonds. The van der Waals surface area contributed by atoms with Crippen LogP contribution in [-0.4, -0.2) is 72.5 Å². The van der Waals surface area contributed by atoms with Crippen molar-refractivity contribution in [3.05, 3.63) is 53.3 Å². The van der Waals surface area contributed by atoms with Crippen molar-refractivity contribution in [2.24, 2.45) is 11.7 Å². The smallest absolute Gasteiger partial charge is 0.220 e. The molecule has 1 atom stereocenters. The highest BCUT2D eigenvalue weighted by atomic mass is 16.5. The molecule has 3 aromatic rings. The zero-order valence-electron chi connectivity index (χ0n) is 21.0. The predicted molar refractivity (Wildman–Crippen MR) is 131 cm³/mol. The molecular formula is C25H32N6O5.